The van der Waals surface area contributed by atoms with Crippen LogP contribution in [0.4, 0.5) is 5.69 Å². The number of fused-ring (bicyclic) bond motifs is 1. The van der Waals surface area contributed by atoms with Gasteiger partial charge in [0.25, 0.3) is 5.91 Å². The number of hydrogen-bond acceptors (Lipinski definition) is 4. The molecule has 5 nitrogen and oxygen atoms in total. The summed E-state index contributed by atoms with van der Waals surface area (Å²) in [6.45, 7) is 0. The molecule has 1 atom stereocenters. The van der Waals surface area contributed by atoms with E-state index >= 15 is 0 Å². The molecular formula is C17H14BrNO4. The smallest absolute Gasteiger partial charge is 0.263 e. The van der Waals surface area contributed by atoms with Gasteiger partial charge in [0, 0.05) is 17.1 Å². The highest BCUT2D eigenvalue weighted by molar-refractivity contribution is 9.10. The van der Waals surface area contributed by atoms with Gasteiger partial charge in [-0.15, -0.1) is 0 Å². The summed E-state index contributed by atoms with van der Waals surface area (Å²) in [5, 5.41) is 10.8. The Kier molecular flexibility index (Phi) is 3.95. The van der Waals surface area contributed by atoms with Crippen molar-refractivity contribution < 1.29 is 19.1 Å². The maximum atomic E-state index is 12.4. The number of halogens is 1. The molecule has 1 aliphatic rings. The van der Waals surface area contributed by atoms with Crippen LogP contribution in [0, 0.1) is 0 Å². The zero-order chi connectivity index (χ0) is 16.6. The minimum Gasteiger partial charge on any atom is -0.465 e. The predicted octanol–water partition coefficient (Wildman–Crippen LogP) is 2.88. The fourth-order valence-electron chi connectivity index (χ4n) is 2.68. The van der Waals surface area contributed by atoms with Gasteiger partial charge in [-0.3, -0.25) is 9.59 Å². The molecule has 1 aliphatic heterocycles. The summed E-state index contributed by atoms with van der Waals surface area (Å²) in [4.78, 5) is 26.0. The lowest BCUT2D eigenvalue weighted by Crippen LogP contribution is -2.40. The van der Waals surface area contributed by atoms with Crippen molar-refractivity contribution >= 4 is 39.4 Å². The highest BCUT2D eigenvalue weighted by atomic mass is 79.9. The molecule has 0 aliphatic carbocycles. The Bertz CT molecular complexity index is 797. The number of furan rings is 1. The summed E-state index contributed by atoms with van der Waals surface area (Å²) in [5.41, 5.74) is -0.819. The van der Waals surface area contributed by atoms with Crippen LogP contribution in [0.25, 0.3) is 6.08 Å². The van der Waals surface area contributed by atoms with Crippen molar-refractivity contribution in [1.82, 2.24) is 0 Å². The van der Waals surface area contributed by atoms with Crippen molar-refractivity contribution in [3.63, 3.8) is 0 Å². The molecule has 6 heteroatoms. The second-order valence-electron chi connectivity index (χ2n) is 5.38. The minimum atomic E-state index is -1.85. The highest BCUT2D eigenvalue weighted by Gasteiger charge is 2.49. The largest absolute Gasteiger partial charge is 0.465 e. The molecule has 0 radical (unpaired) electrons. The number of anilines is 1. The van der Waals surface area contributed by atoms with Gasteiger partial charge in [-0.05, 0) is 42.5 Å². The first-order valence-electron chi connectivity index (χ1n) is 6.97. The molecule has 0 saturated carbocycles. The lowest BCUT2D eigenvalue weighted by Gasteiger charge is -2.20. The number of carbonyl (C=O) groups is 2. The lowest BCUT2D eigenvalue weighted by atomic mass is 9.90. The van der Waals surface area contributed by atoms with E-state index in [0.29, 0.717) is 17.0 Å². The van der Waals surface area contributed by atoms with Crippen molar-refractivity contribution in [3.05, 3.63) is 58.5 Å². The summed E-state index contributed by atoms with van der Waals surface area (Å²) >= 11 is 3.33. The number of likely N-dealkylation sites (N-methyl/N-ethyl adjacent to an activating group) is 1. The number of carbonyl (C=O) groups excluding carboxylic acids is 2. The summed E-state index contributed by atoms with van der Waals surface area (Å²) in [5.74, 6) is -0.341. The lowest BCUT2D eigenvalue weighted by molar-refractivity contribution is -0.140. The molecule has 23 heavy (non-hydrogen) atoms. The van der Waals surface area contributed by atoms with Crippen LogP contribution >= 0.6 is 15.9 Å². The monoisotopic (exact) mass is 375 g/mol. The molecule has 3 rings (SSSR count). The van der Waals surface area contributed by atoms with Gasteiger partial charge in [-0.25, -0.2) is 0 Å². The van der Waals surface area contributed by atoms with E-state index in [1.165, 1.54) is 23.3 Å². The van der Waals surface area contributed by atoms with Crippen LogP contribution in [0.1, 0.15) is 17.7 Å². The molecule has 0 spiro atoms. The van der Waals surface area contributed by atoms with E-state index in [1.807, 2.05) is 0 Å². The molecule has 0 bridgehead atoms. The van der Waals surface area contributed by atoms with Crippen molar-refractivity contribution in [2.45, 2.75) is 12.0 Å². The Morgan fingerprint density at radius 1 is 1.43 bits per heavy atom. The first-order chi connectivity index (χ1) is 10.9. The molecular weight excluding hydrogens is 362 g/mol. The van der Waals surface area contributed by atoms with E-state index in [9.17, 15) is 14.7 Å². The third-order valence-corrected chi connectivity index (χ3v) is 4.32. The van der Waals surface area contributed by atoms with E-state index in [2.05, 4.69) is 15.9 Å². The van der Waals surface area contributed by atoms with Crippen molar-refractivity contribution in [2.24, 2.45) is 0 Å². The number of nitrogens with zero attached hydrogens (tertiary/aromatic N) is 1. The van der Waals surface area contributed by atoms with Crippen LogP contribution < -0.4 is 4.90 Å². The average Bonchev–Trinajstić information content (AvgIpc) is 3.09. The van der Waals surface area contributed by atoms with Gasteiger partial charge in [0.1, 0.15) is 5.76 Å². The van der Waals surface area contributed by atoms with E-state index in [-0.39, 0.29) is 12.2 Å². The zero-order valence-corrected chi connectivity index (χ0v) is 13.9. The zero-order valence-electron chi connectivity index (χ0n) is 12.3. The highest BCUT2D eigenvalue weighted by Crippen LogP contribution is 2.42. The van der Waals surface area contributed by atoms with Gasteiger partial charge in [-0.2, -0.15) is 0 Å². The predicted molar refractivity (Wildman–Crippen MR) is 88.8 cm³/mol. The van der Waals surface area contributed by atoms with E-state index in [4.69, 9.17) is 4.42 Å². The molecule has 1 N–H and O–H groups in total. The molecule has 0 saturated heterocycles. The van der Waals surface area contributed by atoms with Crippen LogP contribution in [-0.4, -0.2) is 23.8 Å². The average molecular weight is 376 g/mol. The SMILES string of the molecule is CN1C(=O)[C@@](O)(CC(=O)/C=C\c2ccco2)c2cc(Br)ccc21. The first-order valence-corrected chi connectivity index (χ1v) is 7.76. The molecule has 118 valence electrons. The second kappa shape index (κ2) is 5.79. The molecule has 0 fully saturated rings. The quantitative estimate of drug-likeness (QED) is 0.834. The Hall–Kier alpha value is -2.18. The minimum absolute atomic E-state index is 0.323. The molecule has 2 heterocycles. The normalized spacial score (nSPS) is 20.3. The number of allylic oxidation sites excluding steroid dienone is 1. The maximum Gasteiger partial charge on any atom is 0.263 e. The Balaban J connectivity index is 1.88. The molecule has 1 aromatic carbocycles. The number of amides is 1. The fraction of sp³-hybridized carbons (Fsp3) is 0.176. The summed E-state index contributed by atoms with van der Waals surface area (Å²) in [6.07, 6.45) is 3.99. The third-order valence-electron chi connectivity index (χ3n) is 3.83. The Labute approximate surface area is 141 Å². The van der Waals surface area contributed by atoms with Crippen molar-refractivity contribution in [3.8, 4) is 0 Å². The molecule has 0 unspecified atom stereocenters. The van der Waals surface area contributed by atoms with Gasteiger partial charge in [0.2, 0.25) is 0 Å². The Morgan fingerprint density at radius 2 is 2.22 bits per heavy atom. The van der Waals surface area contributed by atoms with Crippen molar-refractivity contribution in [2.75, 3.05) is 11.9 Å². The first kappa shape index (κ1) is 15.7. The fourth-order valence-corrected chi connectivity index (χ4v) is 3.04. The maximum absolute atomic E-state index is 12.4. The van der Waals surface area contributed by atoms with E-state index in [1.54, 1.807) is 37.4 Å². The van der Waals surface area contributed by atoms with Gasteiger partial charge in [0.15, 0.2) is 11.4 Å². The van der Waals surface area contributed by atoms with Crippen LogP contribution in [0.15, 0.2) is 51.6 Å². The van der Waals surface area contributed by atoms with Crippen molar-refractivity contribution in [1.29, 1.82) is 0 Å². The van der Waals surface area contributed by atoms with E-state index < -0.39 is 11.5 Å². The molecule has 1 amide bonds. The number of aliphatic hydroxyl groups is 1. The number of benzene rings is 1. The third kappa shape index (κ3) is 2.75. The van der Waals surface area contributed by atoms with E-state index in [0.717, 1.165) is 4.47 Å². The van der Waals surface area contributed by atoms with Crippen LogP contribution in [0.2, 0.25) is 0 Å². The van der Waals surface area contributed by atoms with Gasteiger partial charge in [0.05, 0.1) is 18.4 Å². The van der Waals surface area contributed by atoms with Gasteiger partial charge < -0.3 is 14.4 Å². The Morgan fingerprint density at radius 3 is 2.91 bits per heavy atom. The van der Waals surface area contributed by atoms with Crippen LogP contribution in [0.3, 0.4) is 0 Å². The topological polar surface area (TPSA) is 70.8 Å². The summed E-state index contributed by atoms with van der Waals surface area (Å²) in [7, 11) is 1.58. The molecule has 1 aromatic heterocycles. The van der Waals surface area contributed by atoms with Crippen LogP contribution in [-0.2, 0) is 15.2 Å². The summed E-state index contributed by atoms with van der Waals surface area (Å²) in [6, 6.07) is 8.60. The number of ketones is 1. The van der Waals surface area contributed by atoms with Crippen LogP contribution in [0.5, 0.6) is 0 Å². The number of hydrogen-bond donors (Lipinski definition) is 1. The standard InChI is InChI=1S/C17H14BrNO4/c1-19-15-7-4-11(18)9-14(15)17(22,16(19)21)10-12(20)5-6-13-3-2-8-23-13/h2-9,22H,10H2,1H3/b6-5-/t17-/m1/s1. The second-order valence-corrected chi connectivity index (χ2v) is 6.29. The van der Waals surface area contributed by atoms with Gasteiger partial charge >= 0.3 is 0 Å². The van der Waals surface area contributed by atoms with Gasteiger partial charge in [-0.1, -0.05) is 15.9 Å². The molecule has 2 aromatic rings. The number of rotatable bonds is 4. The summed E-state index contributed by atoms with van der Waals surface area (Å²) < 4.78 is 5.84.